The highest BCUT2D eigenvalue weighted by Gasteiger charge is 2.28. The summed E-state index contributed by atoms with van der Waals surface area (Å²) >= 11 is 0. The van der Waals surface area contributed by atoms with E-state index in [2.05, 4.69) is 0 Å². The van der Waals surface area contributed by atoms with Crippen LogP contribution in [0.15, 0.2) is 48.7 Å². The molecule has 0 saturated carbocycles. The van der Waals surface area contributed by atoms with Gasteiger partial charge in [0.15, 0.2) is 12.7 Å². The molecule has 3 rings (SSSR count). The largest absolute Gasteiger partial charge is 1.00 e. The molecule has 6 heteroatoms. The van der Waals surface area contributed by atoms with E-state index >= 15 is 0 Å². The first-order chi connectivity index (χ1) is 10.8. The van der Waals surface area contributed by atoms with Crippen molar-refractivity contribution < 1.29 is 40.6 Å². The highest BCUT2D eigenvalue weighted by Crippen LogP contribution is 2.21. The predicted molar refractivity (Wildman–Crippen MR) is 78.2 cm³/mol. The van der Waals surface area contributed by atoms with Crippen LogP contribution in [0.2, 0.25) is 0 Å². The number of nitrogens with zero attached hydrogens (tertiary/aromatic N) is 1. The number of carbonyl (C=O) groups is 1. The second-order valence-electron chi connectivity index (χ2n) is 5.02. The van der Waals surface area contributed by atoms with E-state index in [1.54, 1.807) is 12.3 Å². The van der Waals surface area contributed by atoms with Gasteiger partial charge >= 0.3 is 5.97 Å². The lowest BCUT2D eigenvalue weighted by Crippen LogP contribution is -3.00. The van der Waals surface area contributed by atoms with Crippen LogP contribution in [0.1, 0.15) is 27.9 Å². The van der Waals surface area contributed by atoms with Crippen molar-refractivity contribution in [3.8, 4) is 0 Å². The quantitative estimate of drug-likeness (QED) is 0.497. The summed E-state index contributed by atoms with van der Waals surface area (Å²) in [5.74, 6) is -0.360. The van der Waals surface area contributed by atoms with Crippen LogP contribution in [0, 0.1) is 0 Å². The van der Waals surface area contributed by atoms with Gasteiger partial charge in [-0.1, -0.05) is 30.3 Å². The number of aromatic nitrogens is 1. The van der Waals surface area contributed by atoms with Gasteiger partial charge in [0.05, 0.1) is 20.3 Å². The van der Waals surface area contributed by atoms with Gasteiger partial charge in [-0.3, -0.25) is 0 Å². The molecule has 1 aliphatic rings. The Labute approximate surface area is 145 Å². The summed E-state index contributed by atoms with van der Waals surface area (Å²) in [6.45, 7) is 1.79. The lowest BCUT2D eigenvalue weighted by molar-refractivity contribution is -0.702. The maximum atomic E-state index is 11.8. The summed E-state index contributed by atoms with van der Waals surface area (Å²) in [6.07, 6.45) is 1.38. The van der Waals surface area contributed by atoms with Gasteiger partial charge in [-0.2, -0.15) is 4.57 Å². The fraction of sp³-hybridized carbons (Fsp3) is 0.294. The Bertz CT molecular complexity index is 657. The van der Waals surface area contributed by atoms with Crippen molar-refractivity contribution in [1.29, 1.82) is 0 Å². The maximum absolute atomic E-state index is 11.8. The molecule has 1 aliphatic heterocycles. The van der Waals surface area contributed by atoms with Crippen LogP contribution in [0.25, 0.3) is 0 Å². The zero-order chi connectivity index (χ0) is 15.4. The van der Waals surface area contributed by atoms with Gasteiger partial charge in [0.25, 0.3) is 0 Å². The summed E-state index contributed by atoms with van der Waals surface area (Å²) < 4.78 is 17.9. The Balaban J connectivity index is 0.00000192. The summed E-state index contributed by atoms with van der Waals surface area (Å²) in [5, 5.41) is 0. The fourth-order valence-corrected chi connectivity index (χ4v) is 2.46. The highest BCUT2D eigenvalue weighted by molar-refractivity contribution is 5.88. The minimum absolute atomic E-state index is 0. The van der Waals surface area contributed by atoms with Gasteiger partial charge in [0.2, 0.25) is 12.0 Å². The Kier molecular flexibility index (Phi) is 6.27. The third-order valence-electron chi connectivity index (χ3n) is 3.54. The molecule has 0 unspecified atom stereocenters. The molecule has 1 saturated heterocycles. The number of hydrogen-bond donors (Lipinski definition) is 0. The molecule has 122 valence electrons. The Morgan fingerprint density at radius 3 is 2.52 bits per heavy atom. The summed E-state index contributed by atoms with van der Waals surface area (Å²) in [4.78, 5) is 11.8. The zero-order valence-electron chi connectivity index (χ0n) is 12.8. The molecule has 0 N–H and O–H groups in total. The molecule has 1 aromatic heterocycles. The van der Waals surface area contributed by atoms with Crippen molar-refractivity contribution in [1.82, 2.24) is 0 Å². The molecule has 2 aromatic rings. The number of ether oxygens (including phenoxy) is 3. The molecule has 0 atom stereocenters. The molecule has 1 fully saturated rings. The molecule has 2 heterocycles. The van der Waals surface area contributed by atoms with E-state index in [1.165, 1.54) is 7.11 Å². The van der Waals surface area contributed by atoms with Gasteiger partial charge in [-0.05, 0) is 6.07 Å². The minimum Gasteiger partial charge on any atom is -1.00 e. The van der Waals surface area contributed by atoms with Crippen molar-refractivity contribution in [2.75, 3.05) is 20.3 Å². The van der Waals surface area contributed by atoms with Gasteiger partial charge in [-0.15, -0.1) is 0 Å². The Hall–Kier alpha value is -1.76. The van der Waals surface area contributed by atoms with E-state index in [0.717, 1.165) is 11.3 Å². The second-order valence-corrected chi connectivity index (χ2v) is 5.02. The van der Waals surface area contributed by atoms with E-state index in [1.807, 2.05) is 41.0 Å². The third kappa shape index (κ3) is 4.16. The van der Waals surface area contributed by atoms with E-state index in [9.17, 15) is 4.79 Å². The summed E-state index contributed by atoms with van der Waals surface area (Å²) in [6, 6.07) is 13.6. The average molecular weight is 380 g/mol. The Morgan fingerprint density at radius 2 is 1.87 bits per heavy atom. The van der Waals surface area contributed by atoms with Crippen molar-refractivity contribution in [2.45, 2.75) is 12.8 Å². The minimum atomic E-state index is -0.393. The summed E-state index contributed by atoms with van der Waals surface area (Å²) in [7, 11) is 1.38. The Morgan fingerprint density at radius 1 is 1.17 bits per heavy atom. The smallest absolute Gasteiger partial charge is 0.343 e. The van der Waals surface area contributed by atoms with E-state index < -0.39 is 6.29 Å². The molecule has 0 radical (unpaired) electrons. The molecule has 1 aromatic carbocycles. The van der Waals surface area contributed by atoms with Crippen LogP contribution in [0.4, 0.5) is 0 Å². The summed E-state index contributed by atoms with van der Waals surface area (Å²) in [5.41, 5.74) is 2.52. The van der Waals surface area contributed by atoms with Crippen LogP contribution in [-0.4, -0.2) is 26.3 Å². The van der Waals surface area contributed by atoms with E-state index in [4.69, 9.17) is 14.2 Å². The fourth-order valence-electron chi connectivity index (χ4n) is 2.46. The topological polar surface area (TPSA) is 48.6 Å². The number of rotatable bonds is 4. The van der Waals surface area contributed by atoms with Gasteiger partial charge in [0, 0.05) is 11.6 Å². The third-order valence-corrected chi connectivity index (χ3v) is 3.54. The molecule has 0 amide bonds. The van der Waals surface area contributed by atoms with Crippen LogP contribution in [0.5, 0.6) is 0 Å². The second kappa shape index (κ2) is 8.19. The highest BCUT2D eigenvalue weighted by atomic mass is 79.9. The number of carbonyl (C=O) groups excluding carboxylic acids is 1. The molecule has 5 nitrogen and oxygen atoms in total. The number of methoxy groups -OCH3 is 1. The van der Waals surface area contributed by atoms with Gasteiger partial charge < -0.3 is 31.2 Å². The zero-order valence-corrected chi connectivity index (χ0v) is 14.4. The first-order valence-corrected chi connectivity index (χ1v) is 7.17. The average Bonchev–Trinajstić information content (AvgIpc) is 3.09. The maximum Gasteiger partial charge on any atom is 0.343 e. The molecular weight excluding hydrogens is 362 g/mol. The van der Waals surface area contributed by atoms with Gasteiger partial charge in [0.1, 0.15) is 5.56 Å². The van der Waals surface area contributed by atoms with Crippen molar-refractivity contribution in [3.63, 3.8) is 0 Å². The molecule has 0 aliphatic carbocycles. The lowest BCUT2D eigenvalue weighted by atomic mass is 10.2. The van der Waals surface area contributed by atoms with Crippen LogP contribution >= 0.6 is 0 Å². The molecular formula is C17H18BrNO4. The number of benzene rings is 1. The van der Waals surface area contributed by atoms with E-state index in [-0.39, 0.29) is 23.0 Å². The van der Waals surface area contributed by atoms with E-state index in [0.29, 0.717) is 25.3 Å². The first-order valence-electron chi connectivity index (χ1n) is 7.17. The van der Waals surface area contributed by atoms with Crippen LogP contribution < -0.4 is 21.5 Å². The SMILES string of the molecule is COC(=O)c1ccc(C2OCCO2)[n+](Cc2ccccc2)c1.[Br-]. The predicted octanol–water partition coefficient (Wildman–Crippen LogP) is -1.14. The molecule has 0 spiro atoms. The van der Waals surface area contributed by atoms with Crippen LogP contribution in [0.3, 0.4) is 0 Å². The number of hydrogen-bond acceptors (Lipinski definition) is 4. The van der Waals surface area contributed by atoms with Crippen molar-refractivity contribution >= 4 is 5.97 Å². The lowest BCUT2D eigenvalue weighted by Gasteiger charge is -2.10. The first kappa shape index (κ1) is 17.6. The normalized spacial score (nSPS) is 14.3. The van der Waals surface area contributed by atoms with Crippen molar-refractivity contribution in [2.24, 2.45) is 0 Å². The monoisotopic (exact) mass is 379 g/mol. The van der Waals surface area contributed by atoms with Gasteiger partial charge in [-0.25, -0.2) is 4.79 Å². The van der Waals surface area contributed by atoms with Crippen LogP contribution in [-0.2, 0) is 20.8 Å². The standard InChI is InChI=1S/C17H18NO4.BrH/c1-20-16(19)14-7-8-15(17-21-9-10-22-17)18(12-14)11-13-5-3-2-4-6-13;/h2-8,12,17H,9-11H2,1H3;1H/q+1;/p-1. The molecule has 23 heavy (non-hydrogen) atoms. The number of pyridine rings is 1. The molecule has 0 bridgehead atoms. The number of halogens is 1. The number of esters is 1. The van der Waals surface area contributed by atoms with Crippen molar-refractivity contribution in [3.05, 3.63) is 65.5 Å².